The summed E-state index contributed by atoms with van der Waals surface area (Å²) in [6, 6.07) is 7.63. The van der Waals surface area contributed by atoms with Crippen molar-refractivity contribution < 1.29 is 9.90 Å². The molecule has 3 nitrogen and oxygen atoms in total. The number of aliphatic hydroxyl groups is 1. The van der Waals surface area contributed by atoms with E-state index in [2.05, 4.69) is 21.2 Å². The van der Waals surface area contributed by atoms with Gasteiger partial charge in [-0.3, -0.25) is 4.79 Å². The second-order valence-corrected chi connectivity index (χ2v) is 6.84. The minimum atomic E-state index is -0.620. The number of aliphatic hydroxyl groups excluding tert-OH is 1. The standard InChI is InChI=1S/C14H12BrNO2S/c15-12-6-10(7-19-12)14(18)9-1-3-11-8(5-9)2-4-13(17)16-11/h1,3,5-7,14,18H,2,4H2,(H,16,17). The van der Waals surface area contributed by atoms with Crippen LogP contribution < -0.4 is 5.32 Å². The Balaban J connectivity index is 1.92. The van der Waals surface area contributed by atoms with E-state index >= 15 is 0 Å². The largest absolute Gasteiger partial charge is 0.384 e. The molecule has 98 valence electrons. The number of hydrogen-bond donors (Lipinski definition) is 2. The van der Waals surface area contributed by atoms with Crippen molar-refractivity contribution >= 4 is 38.9 Å². The summed E-state index contributed by atoms with van der Waals surface area (Å²) >= 11 is 4.96. The van der Waals surface area contributed by atoms with Gasteiger partial charge in [0.05, 0.1) is 3.79 Å². The Kier molecular flexibility index (Phi) is 3.43. The molecular formula is C14H12BrNO2S. The molecule has 0 saturated heterocycles. The maximum Gasteiger partial charge on any atom is 0.224 e. The van der Waals surface area contributed by atoms with Crippen LogP contribution in [-0.2, 0) is 11.2 Å². The highest BCUT2D eigenvalue weighted by Crippen LogP contribution is 2.32. The van der Waals surface area contributed by atoms with Crippen LogP contribution in [-0.4, -0.2) is 11.0 Å². The van der Waals surface area contributed by atoms with Gasteiger partial charge in [0.1, 0.15) is 6.10 Å². The van der Waals surface area contributed by atoms with Gasteiger partial charge in [0.15, 0.2) is 0 Å². The molecule has 5 heteroatoms. The van der Waals surface area contributed by atoms with Gasteiger partial charge in [-0.05, 0) is 56.6 Å². The van der Waals surface area contributed by atoms with Crippen molar-refractivity contribution in [3.63, 3.8) is 0 Å². The Morgan fingerprint density at radius 1 is 1.26 bits per heavy atom. The maximum atomic E-state index is 11.3. The molecule has 1 atom stereocenters. The molecule has 1 aromatic heterocycles. The summed E-state index contributed by atoms with van der Waals surface area (Å²) in [5, 5.41) is 15.1. The molecule has 2 aromatic rings. The van der Waals surface area contributed by atoms with Gasteiger partial charge in [0, 0.05) is 12.1 Å². The van der Waals surface area contributed by atoms with Crippen molar-refractivity contribution in [2.75, 3.05) is 5.32 Å². The third-order valence-corrected chi connectivity index (χ3v) is 4.77. The van der Waals surface area contributed by atoms with Crippen LogP contribution in [0.2, 0.25) is 0 Å². The van der Waals surface area contributed by atoms with Crippen LogP contribution in [0.1, 0.15) is 29.2 Å². The van der Waals surface area contributed by atoms with E-state index in [0.29, 0.717) is 6.42 Å². The van der Waals surface area contributed by atoms with E-state index in [-0.39, 0.29) is 5.91 Å². The van der Waals surface area contributed by atoms with Crippen molar-refractivity contribution in [2.24, 2.45) is 0 Å². The number of rotatable bonds is 2. The third-order valence-electron chi connectivity index (χ3n) is 3.24. The quantitative estimate of drug-likeness (QED) is 0.881. The van der Waals surface area contributed by atoms with Gasteiger partial charge in [-0.2, -0.15) is 0 Å². The third kappa shape index (κ3) is 2.59. The molecular weight excluding hydrogens is 326 g/mol. The van der Waals surface area contributed by atoms with Gasteiger partial charge in [0.2, 0.25) is 5.91 Å². The lowest BCUT2D eigenvalue weighted by atomic mass is 9.96. The van der Waals surface area contributed by atoms with Gasteiger partial charge in [-0.25, -0.2) is 0 Å². The number of fused-ring (bicyclic) bond motifs is 1. The summed E-state index contributed by atoms with van der Waals surface area (Å²) in [4.78, 5) is 11.3. The Bertz CT molecular complexity index is 638. The Morgan fingerprint density at radius 3 is 2.84 bits per heavy atom. The van der Waals surface area contributed by atoms with E-state index in [1.54, 1.807) is 11.3 Å². The molecule has 0 radical (unpaired) electrons. The number of carbonyl (C=O) groups excluding carboxylic acids is 1. The fourth-order valence-electron chi connectivity index (χ4n) is 2.23. The Hall–Kier alpha value is -1.17. The maximum absolute atomic E-state index is 11.3. The number of nitrogens with one attached hydrogen (secondary N) is 1. The predicted molar refractivity (Wildman–Crippen MR) is 79.5 cm³/mol. The second kappa shape index (κ2) is 5.07. The molecule has 1 aromatic carbocycles. The first-order chi connectivity index (χ1) is 9.13. The molecule has 0 bridgehead atoms. The first-order valence-corrected chi connectivity index (χ1v) is 7.65. The molecule has 0 fully saturated rings. The van der Waals surface area contributed by atoms with E-state index in [1.807, 2.05) is 29.6 Å². The molecule has 1 unspecified atom stereocenters. The number of hydrogen-bond acceptors (Lipinski definition) is 3. The molecule has 0 aliphatic carbocycles. The average Bonchev–Trinajstić information content (AvgIpc) is 2.84. The average molecular weight is 338 g/mol. The van der Waals surface area contributed by atoms with Gasteiger partial charge in [-0.15, -0.1) is 11.3 Å². The van der Waals surface area contributed by atoms with Crippen LogP contribution in [0.25, 0.3) is 0 Å². The van der Waals surface area contributed by atoms with Crippen LogP contribution in [0, 0.1) is 0 Å². The summed E-state index contributed by atoms with van der Waals surface area (Å²) < 4.78 is 1.01. The summed E-state index contributed by atoms with van der Waals surface area (Å²) in [7, 11) is 0. The Labute approximate surface area is 123 Å². The van der Waals surface area contributed by atoms with E-state index < -0.39 is 6.10 Å². The minimum absolute atomic E-state index is 0.0579. The second-order valence-electron chi connectivity index (χ2n) is 4.55. The zero-order valence-corrected chi connectivity index (χ0v) is 12.4. The van der Waals surface area contributed by atoms with Crippen LogP contribution in [0.15, 0.2) is 33.4 Å². The monoisotopic (exact) mass is 337 g/mol. The number of anilines is 1. The summed E-state index contributed by atoms with van der Waals surface area (Å²) in [6.45, 7) is 0. The Morgan fingerprint density at radius 2 is 2.11 bits per heavy atom. The topological polar surface area (TPSA) is 49.3 Å². The normalized spacial score (nSPS) is 15.8. The molecule has 2 heterocycles. The molecule has 1 amide bonds. The molecule has 19 heavy (non-hydrogen) atoms. The highest BCUT2D eigenvalue weighted by atomic mass is 79.9. The zero-order chi connectivity index (χ0) is 13.4. The number of benzene rings is 1. The minimum Gasteiger partial charge on any atom is -0.384 e. The van der Waals surface area contributed by atoms with Crippen LogP contribution >= 0.6 is 27.3 Å². The van der Waals surface area contributed by atoms with Crippen LogP contribution in [0.3, 0.4) is 0 Å². The number of aryl methyl sites for hydroxylation is 1. The lowest BCUT2D eigenvalue weighted by Crippen LogP contribution is -2.19. The number of thiophene rings is 1. The molecule has 0 saturated carbocycles. The van der Waals surface area contributed by atoms with Gasteiger partial charge in [0.25, 0.3) is 0 Å². The number of amides is 1. The van der Waals surface area contributed by atoms with Gasteiger partial charge >= 0.3 is 0 Å². The first kappa shape index (κ1) is 12.8. The van der Waals surface area contributed by atoms with Crippen molar-refractivity contribution in [2.45, 2.75) is 18.9 Å². The molecule has 1 aliphatic rings. The van der Waals surface area contributed by atoms with E-state index in [1.165, 1.54) is 0 Å². The lowest BCUT2D eigenvalue weighted by molar-refractivity contribution is -0.116. The van der Waals surface area contributed by atoms with Crippen molar-refractivity contribution in [1.82, 2.24) is 0 Å². The summed E-state index contributed by atoms with van der Waals surface area (Å²) in [5.74, 6) is 0.0579. The fourth-order valence-corrected chi connectivity index (χ4v) is 3.43. The van der Waals surface area contributed by atoms with Crippen molar-refractivity contribution in [3.05, 3.63) is 50.1 Å². The summed E-state index contributed by atoms with van der Waals surface area (Å²) in [6.07, 6.45) is 0.622. The highest BCUT2D eigenvalue weighted by Gasteiger charge is 2.18. The van der Waals surface area contributed by atoms with Crippen molar-refractivity contribution in [1.29, 1.82) is 0 Å². The van der Waals surface area contributed by atoms with E-state index in [4.69, 9.17) is 0 Å². The molecule has 3 rings (SSSR count). The number of halogens is 1. The van der Waals surface area contributed by atoms with Crippen LogP contribution in [0.4, 0.5) is 5.69 Å². The van der Waals surface area contributed by atoms with Crippen molar-refractivity contribution in [3.8, 4) is 0 Å². The zero-order valence-electron chi connectivity index (χ0n) is 10.0. The number of carbonyl (C=O) groups is 1. The molecule has 0 spiro atoms. The molecule has 2 N–H and O–H groups in total. The summed E-state index contributed by atoms with van der Waals surface area (Å²) in [5.41, 5.74) is 3.70. The molecule has 1 aliphatic heterocycles. The van der Waals surface area contributed by atoms with Gasteiger partial charge < -0.3 is 10.4 Å². The van der Waals surface area contributed by atoms with E-state index in [0.717, 1.165) is 32.6 Å². The van der Waals surface area contributed by atoms with Gasteiger partial charge in [-0.1, -0.05) is 12.1 Å². The SMILES string of the molecule is O=C1CCc2cc(C(O)c3csc(Br)c3)ccc2N1. The lowest BCUT2D eigenvalue weighted by Gasteiger charge is -2.19. The fraction of sp³-hybridized carbons (Fsp3) is 0.214. The smallest absolute Gasteiger partial charge is 0.224 e. The van der Waals surface area contributed by atoms with E-state index in [9.17, 15) is 9.90 Å². The predicted octanol–water partition coefficient (Wildman–Crippen LogP) is 3.48. The van der Waals surface area contributed by atoms with Crippen LogP contribution in [0.5, 0.6) is 0 Å². The first-order valence-electron chi connectivity index (χ1n) is 5.98. The highest BCUT2D eigenvalue weighted by molar-refractivity contribution is 9.11.